The van der Waals surface area contributed by atoms with Crippen molar-refractivity contribution in [3.05, 3.63) is 57.6 Å². The standard InChI is InChI=1S/C14H11F3N2O5.ClH/c15-14(16,17)24-9-3-1-7(2-4-9)12(18)8-5-10(19(22)23)13(21)11(20)6-8;/h1-6,12,20-21H,18H2;1H/t12-;/m0./s1. The van der Waals surface area contributed by atoms with Crippen molar-refractivity contribution < 1.29 is 33.0 Å². The van der Waals surface area contributed by atoms with Crippen molar-refractivity contribution in [2.24, 2.45) is 5.73 Å². The summed E-state index contributed by atoms with van der Waals surface area (Å²) in [6, 6.07) is 5.61. The molecule has 0 aromatic heterocycles. The fourth-order valence-electron chi connectivity index (χ4n) is 2.01. The number of phenols is 2. The van der Waals surface area contributed by atoms with Crippen molar-refractivity contribution in [2.45, 2.75) is 12.4 Å². The van der Waals surface area contributed by atoms with Crippen LogP contribution in [-0.4, -0.2) is 21.5 Å². The molecule has 0 aliphatic carbocycles. The Kier molecular flexibility index (Phi) is 6.05. The molecule has 0 saturated carbocycles. The molecule has 0 radical (unpaired) electrons. The minimum absolute atomic E-state index is 0. The Bertz CT molecular complexity index is 768. The Labute approximate surface area is 145 Å². The van der Waals surface area contributed by atoms with Crippen molar-refractivity contribution in [2.75, 3.05) is 0 Å². The second kappa shape index (κ2) is 7.45. The van der Waals surface area contributed by atoms with E-state index < -0.39 is 40.3 Å². The highest BCUT2D eigenvalue weighted by Crippen LogP contribution is 2.38. The van der Waals surface area contributed by atoms with Crippen LogP contribution < -0.4 is 10.5 Å². The van der Waals surface area contributed by atoms with Gasteiger partial charge in [0.05, 0.1) is 11.0 Å². The number of hydrogen-bond donors (Lipinski definition) is 3. The quantitative estimate of drug-likeness (QED) is 0.425. The predicted octanol–water partition coefficient (Wildman–Crippen LogP) is 3.37. The van der Waals surface area contributed by atoms with E-state index in [0.29, 0.717) is 5.56 Å². The summed E-state index contributed by atoms with van der Waals surface area (Å²) in [7, 11) is 0. The van der Waals surface area contributed by atoms with Crippen LogP contribution in [0, 0.1) is 10.1 Å². The van der Waals surface area contributed by atoms with Gasteiger partial charge in [0, 0.05) is 6.07 Å². The number of rotatable bonds is 4. The van der Waals surface area contributed by atoms with E-state index in [1.807, 2.05) is 0 Å². The molecule has 0 bridgehead atoms. The second-order valence-corrected chi connectivity index (χ2v) is 4.76. The molecule has 0 aliphatic rings. The summed E-state index contributed by atoms with van der Waals surface area (Å²) in [6.07, 6.45) is -4.83. The molecule has 2 rings (SSSR count). The Morgan fingerprint density at radius 2 is 1.68 bits per heavy atom. The zero-order chi connectivity index (χ0) is 18.1. The third-order valence-electron chi connectivity index (χ3n) is 3.12. The fourth-order valence-corrected chi connectivity index (χ4v) is 2.01. The third kappa shape index (κ3) is 4.88. The highest BCUT2D eigenvalue weighted by Gasteiger charge is 2.31. The Morgan fingerprint density at radius 1 is 1.12 bits per heavy atom. The molecule has 2 aromatic rings. The maximum Gasteiger partial charge on any atom is 0.573 e. The number of nitrogens with zero attached hydrogens (tertiary/aromatic N) is 1. The average Bonchev–Trinajstić information content (AvgIpc) is 2.48. The fraction of sp³-hybridized carbons (Fsp3) is 0.143. The van der Waals surface area contributed by atoms with Crippen molar-refractivity contribution in [1.82, 2.24) is 0 Å². The van der Waals surface area contributed by atoms with Crippen molar-refractivity contribution in [3.8, 4) is 17.2 Å². The zero-order valence-corrected chi connectivity index (χ0v) is 13.0. The van der Waals surface area contributed by atoms with Crippen molar-refractivity contribution in [3.63, 3.8) is 0 Å². The molecule has 4 N–H and O–H groups in total. The maximum atomic E-state index is 12.1. The monoisotopic (exact) mass is 380 g/mol. The molecule has 0 amide bonds. The van der Waals surface area contributed by atoms with Gasteiger partial charge in [0.2, 0.25) is 5.75 Å². The highest BCUT2D eigenvalue weighted by atomic mass is 35.5. The van der Waals surface area contributed by atoms with Crippen LogP contribution in [0.4, 0.5) is 18.9 Å². The average molecular weight is 381 g/mol. The van der Waals surface area contributed by atoms with E-state index in [1.165, 1.54) is 12.1 Å². The number of ether oxygens (including phenoxy) is 1. The van der Waals surface area contributed by atoms with Gasteiger partial charge >= 0.3 is 12.0 Å². The van der Waals surface area contributed by atoms with E-state index in [1.54, 1.807) is 0 Å². The molecule has 0 unspecified atom stereocenters. The summed E-state index contributed by atoms with van der Waals surface area (Å²) in [5, 5.41) is 29.8. The molecule has 136 valence electrons. The van der Waals surface area contributed by atoms with Gasteiger partial charge in [0.1, 0.15) is 5.75 Å². The lowest BCUT2D eigenvalue weighted by molar-refractivity contribution is -0.386. The first-order valence-electron chi connectivity index (χ1n) is 6.40. The van der Waals surface area contributed by atoms with Crippen LogP contribution in [0.2, 0.25) is 0 Å². The van der Waals surface area contributed by atoms with Gasteiger partial charge in [0.25, 0.3) is 0 Å². The van der Waals surface area contributed by atoms with Crippen LogP contribution in [0.5, 0.6) is 17.2 Å². The SMILES string of the molecule is Cl.N[C@@H](c1ccc(OC(F)(F)F)cc1)c1cc(O)c(O)c([N+](=O)[O-])c1. The third-order valence-corrected chi connectivity index (χ3v) is 3.12. The molecular weight excluding hydrogens is 369 g/mol. The van der Waals surface area contributed by atoms with Gasteiger partial charge in [-0.15, -0.1) is 25.6 Å². The predicted molar refractivity (Wildman–Crippen MR) is 82.8 cm³/mol. The molecule has 11 heteroatoms. The van der Waals surface area contributed by atoms with Crippen LogP contribution in [0.25, 0.3) is 0 Å². The lowest BCUT2D eigenvalue weighted by atomic mass is 9.98. The Balaban J connectivity index is 0.00000312. The number of halogens is 4. The molecule has 0 spiro atoms. The van der Waals surface area contributed by atoms with Gasteiger partial charge in [-0.1, -0.05) is 12.1 Å². The zero-order valence-electron chi connectivity index (χ0n) is 12.2. The normalized spacial score (nSPS) is 12.2. The molecule has 7 nitrogen and oxygen atoms in total. The molecule has 2 aromatic carbocycles. The first-order chi connectivity index (χ1) is 11.1. The largest absolute Gasteiger partial charge is 0.573 e. The number of hydrogen-bond acceptors (Lipinski definition) is 6. The number of alkyl halides is 3. The van der Waals surface area contributed by atoms with Gasteiger partial charge in [-0.25, -0.2) is 0 Å². The summed E-state index contributed by atoms with van der Waals surface area (Å²) in [4.78, 5) is 9.94. The van der Waals surface area contributed by atoms with Crippen LogP contribution in [0.1, 0.15) is 17.2 Å². The van der Waals surface area contributed by atoms with E-state index in [2.05, 4.69) is 4.74 Å². The second-order valence-electron chi connectivity index (χ2n) is 4.76. The summed E-state index contributed by atoms with van der Waals surface area (Å²) in [5.41, 5.74) is 5.59. The number of nitro groups is 1. The van der Waals surface area contributed by atoms with Crippen LogP contribution in [0.3, 0.4) is 0 Å². The number of aromatic hydroxyl groups is 2. The number of benzene rings is 2. The molecule has 0 saturated heterocycles. The van der Waals surface area contributed by atoms with E-state index in [9.17, 15) is 33.5 Å². The van der Waals surface area contributed by atoms with E-state index in [4.69, 9.17) is 5.73 Å². The summed E-state index contributed by atoms with van der Waals surface area (Å²) in [6.45, 7) is 0. The maximum absolute atomic E-state index is 12.1. The molecule has 0 aliphatic heterocycles. The molecular formula is C14H12ClF3N2O5. The molecule has 0 fully saturated rings. The van der Waals surface area contributed by atoms with E-state index in [0.717, 1.165) is 24.3 Å². The van der Waals surface area contributed by atoms with Gasteiger partial charge < -0.3 is 20.7 Å². The van der Waals surface area contributed by atoms with Crippen molar-refractivity contribution in [1.29, 1.82) is 0 Å². The summed E-state index contributed by atoms with van der Waals surface area (Å²) in [5.74, 6) is -2.07. The first-order valence-corrected chi connectivity index (χ1v) is 6.40. The van der Waals surface area contributed by atoms with Gasteiger partial charge in [-0.3, -0.25) is 10.1 Å². The van der Waals surface area contributed by atoms with Crippen LogP contribution in [0.15, 0.2) is 36.4 Å². The van der Waals surface area contributed by atoms with Crippen LogP contribution in [-0.2, 0) is 0 Å². The smallest absolute Gasteiger partial charge is 0.504 e. The Morgan fingerprint density at radius 3 is 2.16 bits per heavy atom. The summed E-state index contributed by atoms with van der Waals surface area (Å²) >= 11 is 0. The van der Waals surface area contributed by atoms with E-state index >= 15 is 0 Å². The van der Waals surface area contributed by atoms with Gasteiger partial charge in [0.15, 0.2) is 5.75 Å². The topological polar surface area (TPSA) is 119 Å². The lowest BCUT2D eigenvalue weighted by Gasteiger charge is -2.15. The Hall–Kier alpha value is -2.72. The van der Waals surface area contributed by atoms with E-state index in [-0.39, 0.29) is 18.0 Å². The highest BCUT2D eigenvalue weighted by molar-refractivity contribution is 5.85. The number of nitrogens with two attached hydrogens (primary N) is 1. The molecule has 1 atom stereocenters. The molecule has 0 heterocycles. The van der Waals surface area contributed by atoms with Crippen LogP contribution >= 0.6 is 12.4 Å². The van der Waals surface area contributed by atoms with Gasteiger partial charge in [-0.05, 0) is 29.3 Å². The lowest BCUT2D eigenvalue weighted by Crippen LogP contribution is -2.17. The molecule has 25 heavy (non-hydrogen) atoms. The van der Waals surface area contributed by atoms with Gasteiger partial charge in [-0.2, -0.15) is 0 Å². The number of phenolic OH excluding ortho intramolecular Hbond substituents is 2. The first kappa shape index (κ1) is 20.3. The number of nitro benzene ring substituents is 1. The van der Waals surface area contributed by atoms with Crippen molar-refractivity contribution >= 4 is 18.1 Å². The minimum Gasteiger partial charge on any atom is -0.504 e. The minimum atomic E-state index is -4.83. The summed E-state index contributed by atoms with van der Waals surface area (Å²) < 4.78 is 40.0.